The number of hydrogen-bond acceptors (Lipinski definition) is 8. The molecule has 0 spiro atoms. The van der Waals surface area contributed by atoms with Gasteiger partial charge >= 0.3 is 5.97 Å². The Balaban J connectivity index is 1.47. The van der Waals surface area contributed by atoms with Crippen molar-refractivity contribution in [2.75, 3.05) is 12.1 Å². The van der Waals surface area contributed by atoms with E-state index in [1.165, 1.54) is 11.3 Å². The molecular weight excluding hydrogens is 414 g/mol. The van der Waals surface area contributed by atoms with E-state index in [1.807, 2.05) is 23.6 Å². The normalized spacial score (nSPS) is 12.5. The lowest BCUT2D eigenvalue weighted by atomic mass is 10.1. The first-order chi connectivity index (χ1) is 15.0. The molecule has 1 aromatic heterocycles. The number of nitrogens with zero attached hydrogens (tertiary/aromatic N) is 2. The van der Waals surface area contributed by atoms with Crippen LogP contribution < -0.4 is 14.8 Å². The van der Waals surface area contributed by atoms with E-state index in [1.54, 1.807) is 44.3 Å². The zero-order valence-electron chi connectivity index (χ0n) is 16.9. The lowest BCUT2D eigenvalue weighted by Gasteiger charge is -2.08. The summed E-state index contributed by atoms with van der Waals surface area (Å²) in [6, 6.07) is 14.7. The molecule has 31 heavy (non-hydrogen) atoms. The Morgan fingerprint density at radius 1 is 1.23 bits per heavy atom. The van der Waals surface area contributed by atoms with E-state index < -0.39 is 0 Å². The number of thiazole rings is 1. The molecule has 3 aromatic rings. The van der Waals surface area contributed by atoms with Crippen molar-refractivity contribution in [3.63, 3.8) is 0 Å². The van der Waals surface area contributed by atoms with Crippen LogP contribution >= 0.6 is 11.3 Å². The molecule has 0 saturated heterocycles. The smallest absolute Gasteiger partial charge is 0.338 e. The fourth-order valence-corrected chi connectivity index (χ4v) is 3.66. The predicted molar refractivity (Wildman–Crippen MR) is 118 cm³/mol. The molecule has 0 amide bonds. The van der Waals surface area contributed by atoms with Gasteiger partial charge in [0.1, 0.15) is 16.6 Å². The molecule has 1 N–H and O–H groups in total. The summed E-state index contributed by atoms with van der Waals surface area (Å²) in [7, 11) is 0. The molecule has 2 heterocycles. The summed E-state index contributed by atoms with van der Waals surface area (Å²) in [6.07, 6.45) is 1.43. The molecule has 0 atom stereocenters. The van der Waals surface area contributed by atoms with Gasteiger partial charge in [0.2, 0.25) is 6.79 Å². The zero-order valence-corrected chi connectivity index (χ0v) is 17.7. The van der Waals surface area contributed by atoms with E-state index in [9.17, 15) is 10.1 Å². The number of anilines is 1. The molecule has 1 aliphatic rings. The Morgan fingerprint density at radius 2 is 2.00 bits per heavy atom. The Hall–Kier alpha value is -3.83. The second-order valence-electron chi connectivity index (χ2n) is 6.95. The van der Waals surface area contributed by atoms with Crippen molar-refractivity contribution in [2.24, 2.45) is 0 Å². The van der Waals surface area contributed by atoms with Gasteiger partial charge in [-0.05, 0) is 56.3 Å². The van der Waals surface area contributed by atoms with Crippen LogP contribution in [0.4, 0.5) is 5.69 Å². The minimum absolute atomic E-state index is 0.174. The number of nitrogens with one attached hydrogen (secondary N) is 1. The molecule has 8 heteroatoms. The highest BCUT2D eigenvalue weighted by Gasteiger charge is 2.16. The van der Waals surface area contributed by atoms with E-state index in [4.69, 9.17) is 14.2 Å². The average Bonchev–Trinajstić information content (AvgIpc) is 3.43. The standard InChI is InChI=1S/C23H19N3O4S/c1-14(2)30-23(27)15-3-6-18(7-4-15)25-11-17(10-24)22-26-19(12-31-22)16-5-8-20-21(9-16)29-13-28-20/h3-9,11-12,14,25H,13H2,1-2H3. The fraction of sp³-hybridized carbons (Fsp3) is 0.174. The minimum Gasteiger partial charge on any atom is -0.459 e. The SMILES string of the molecule is CC(C)OC(=O)c1ccc(NC=C(C#N)c2nc(-c3ccc4c(c3)OCO4)cs2)cc1. The van der Waals surface area contributed by atoms with Crippen LogP contribution in [0.15, 0.2) is 54.0 Å². The largest absolute Gasteiger partial charge is 0.459 e. The monoisotopic (exact) mass is 433 g/mol. The summed E-state index contributed by atoms with van der Waals surface area (Å²) in [5, 5.41) is 15.1. The number of aromatic nitrogens is 1. The van der Waals surface area contributed by atoms with Crippen molar-refractivity contribution in [3.05, 3.63) is 64.6 Å². The molecule has 156 valence electrons. The number of carbonyl (C=O) groups excluding carboxylic acids is 1. The maximum absolute atomic E-state index is 11.9. The number of rotatable bonds is 6. The van der Waals surface area contributed by atoms with Crippen LogP contribution in [0.25, 0.3) is 16.8 Å². The predicted octanol–water partition coefficient (Wildman–Crippen LogP) is 5.08. The number of ether oxygens (including phenoxy) is 3. The lowest BCUT2D eigenvalue weighted by molar-refractivity contribution is 0.0378. The van der Waals surface area contributed by atoms with Crippen LogP contribution in [0.1, 0.15) is 29.2 Å². The maximum atomic E-state index is 11.9. The van der Waals surface area contributed by atoms with E-state index in [0.717, 1.165) is 16.9 Å². The van der Waals surface area contributed by atoms with Crippen LogP contribution in [0, 0.1) is 11.3 Å². The molecule has 0 radical (unpaired) electrons. The van der Waals surface area contributed by atoms with Gasteiger partial charge in [0.25, 0.3) is 0 Å². The first kappa shape index (κ1) is 20.4. The highest BCUT2D eigenvalue weighted by atomic mass is 32.1. The van der Waals surface area contributed by atoms with E-state index >= 15 is 0 Å². The summed E-state index contributed by atoms with van der Waals surface area (Å²) in [4.78, 5) is 16.5. The molecule has 0 fully saturated rings. The van der Waals surface area contributed by atoms with Crippen molar-refractivity contribution in [2.45, 2.75) is 20.0 Å². The van der Waals surface area contributed by atoms with Gasteiger partial charge in [0.05, 0.1) is 17.4 Å². The molecule has 2 aromatic carbocycles. The highest BCUT2D eigenvalue weighted by molar-refractivity contribution is 7.11. The first-order valence-electron chi connectivity index (χ1n) is 9.57. The van der Waals surface area contributed by atoms with Crippen molar-refractivity contribution < 1.29 is 19.0 Å². The Bertz CT molecular complexity index is 1180. The average molecular weight is 433 g/mol. The molecule has 0 bridgehead atoms. The number of carbonyl (C=O) groups is 1. The Morgan fingerprint density at radius 3 is 2.74 bits per heavy atom. The number of fused-ring (bicyclic) bond motifs is 1. The molecule has 0 saturated carbocycles. The van der Waals surface area contributed by atoms with Crippen molar-refractivity contribution in [3.8, 4) is 28.8 Å². The van der Waals surface area contributed by atoms with Gasteiger partial charge < -0.3 is 19.5 Å². The minimum atomic E-state index is -0.367. The van der Waals surface area contributed by atoms with Gasteiger partial charge in [-0.2, -0.15) is 5.26 Å². The fourth-order valence-electron chi connectivity index (χ4n) is 2.87. The lowest BCUT2D eigenvalue weighted by Crippen LogP contribution is -2.11. The van der Waals surface area contributed by atoms with Crippen LogP contribution in [0.2, 0.25) is 0 Å². The number of benzene rings is 2. The molecule has 0 unspecified atom stereocenters. The van der Waals surface area contributed by atoms with Crippen molar-refractivity contribution >= 4 is 28.6 Å². The molecule has 0 aliphatic carbocycles. The summed E-state index contributed by atoms with van der Waals surface area (Å²) >= 11 is 1.38. The molecular formula is C23H19N3O4S. The van der Waals surface area contributed by atoms with E-state index in [-0.39, 0.29) is 18.9 Å². The Labute approximate surface area is 183 Å². The van der Waals surface area contributed by atoms with Gasteiger partial charge in [-0.3, -0.25) is 0 Å². The quantitative estimate of drug-likeness (QED) is 0.428. The maximum Gasteiger partial charge on any atom is 0.338 e. The molecule has 7 nitrogen and oxygen atoms in total. The summed E-state index contributed by atoms with van der Waals surface area (Å²) < 4.78 is 15.9. The second-order valence-corrected chi connectivity index (χ2v) is 7.81. The van der Waals surface area contributed by atoms with Gasteiger partial charge in [-0.15, -0.1) is 11.3 Å². The van der Waals surface area contributed by atoms with E-state index in [0.29, 0.717) is 27.6 Å². The van der Waals surface area contributed by atoms with Crippen LogP contribution in [0.5, 0.6) is 11.5 Å². The highest BCUT2D eigenvalue weighted by Crippen LogP contribution is 2.36. The number of esters is 1. The van der Waals surface area contributed by atoms with Crippen LogP contribution in [-0.4, -0.2) is 23.9 Å². The van der Waals surface area contributed by atoms with Crippen molar-refractivity contribution in [1.29, 1.82) is 5.26 Å². The van der Waals surface area contributed by atoms with Crippen LogP contribution in [-0.2, 0) is 4.74 Å². The summed E-state index contributed by atoms with van der Waals surface area (Å²) in [5.74, 6) is 1.03. The third kappa shape index (κ3) is 4.68. The molecule has 1 aliphatic heterocycles. The van der Waals surface area contributed by atoms with Gasteiger partial charge in [-0.25, -0.2) is 9.78 Å². The second kappa shape index (κ2) is 8.90. The third-order valence-electron chi connectivity index (χ3n) is 4.37. The first-order valence-corrected chi connectivity index (χ1v) is 10.4. The van der Waals surface area contributed by atoms with Gasteiger partial charge in [0.15, 0.2) is 11.5 Å². The molecule has 4 rings (SSSR count). The van der Waals surface area contributed by atoms with Gasteiger partial charge in [-0.1, -0.05) is 0 Å². The number of nitriles is 1. The summed E-state index contributed by atoms with van der Waals surface area (Å²) in [6.45, 7) is 3.82. The summed E-state index contributed by atoms with van der Waals surface area (Å²) in [5.41, 5.74) is 3.26. The van der Waals surface area contributed by atoms with Gasteiger partial charge in [0, 0.05) is 22.8 Å². The number of allylic oxidation sites excluding steroid dienone is 1. The zero-order chi connectivity index (χ0) is 21.8. The number of hydrogen-bond donors (Lipinski definition) is 1. The Kier molecular flexibility index (Phi) is 5.87. The van der Waals surface area contributed by atoms with Crippen molar-refractivity contribution in [1.82, 2.24) is 4.98 Å². The topological polar surface area (TPSA) is 93.5 Å². The third-order valence-corrected chi connectivity index (χ3v) is 5.25. The van der Waals surface area contributed by atoms with Crippen LogP contribution in [0.3, 0.4) is 0 Å². The van der Waals surface area contributed by atoms with E-state index in [2.05, 4.69) is 16.4 Å².